The van der Waals surface area contributed by atoms with Crippen molar-refractivity contribution in [3.05, 3.63) is 118 Å². The maximum Gasteiger partial charge on any atom is 0.128 e. The SMILES string of the molecule is N#Cc1cccc(COc2cc(OCc3cccc(-c4ccccc4)c3Br)ccc2CN2CCCCC2)c1. The molecule has 0 saturated carbocycles. The molecule has 4 nitrogen and oxygen atoms in total. The van der Waals surface area contributed by atoms with Gasteiger partial charge in [0.1, 0.15) is 24.7 Å². The van der Waals surface area contributed by atoms with Gasteiger partial charge in [0.05, 0.1) is 11.6 Å². The maximum absolute atomic E-state index is 9.25. The smallest absolute Gasteiger partial charge is 0.128 e. The Morgan fingerprint density at radius 2 is 1.58 bits per heavy atom. The number of nitrogens with zero attached hydrogens (tertiary/aromatic N) is 2. The third-order valence-corrected chi connectivity index (χ3v) is 7.83. The molecule has 1 aliphatic rings. The van der Waals surface area contributed by atoms with Gasteiger partial charge in [0.25, 0.3) is 0 Å². The van der Waals surface area contributed by atoms with Crippen LogP contribution in [0, 0.1) is 11.3 Å². The van der Waals surface area contributed by atoms with Gasteiger partial charge in [0, 0.05) is 28.2 Å². The minimum atomic E-state index is 0.399. The minimum Gasteiger partial charge on any atom is -0.489 e. The molecule has 38 heavy (non-hydrogen) atoms. The van der Waals surface area contributed by atoms with Gasteiger partial charge >= 0.3 is 0 Å². The second-order valence-corrected chi connectivity index (χ2v) is 10.4. The van der Waals surface area contributed by atoms with Crippen LogP contribution >= 0.6 is 15.9 Å². The van der Waals surface area contributed by atoms with E-state index in [0.29, 0.717) is 18.8 Å². The Kier molecular flexibility index (Phi) is 8.75. The Bertz CT molecular complexity index is 1410. The second kappa shape index (κ2) is 12.8. The molecular weight excluding hydrogens is 536 g/mol. The van der Waals surface area contributed by atoms with Crippen LogP contribution in [0.4, 0.5) is 0 Å². The first-order valence-electron chi connectivity index (χ1n) is 13.1. The summed E-state index contributed by atoms with van der Waals surface area (Å²) in [6.45, 7) is 3.94. The highest BCUT2D eigenvalue weighted by atomic mass is 79.9. The van der Waals surface area contributed by atoms with Crippen molar-refractivity contribution in [1.82, 2.24) is 4.90 Å². The third kappa shape index (κ3) is 6.64. The molecule has 4 aromatic rings. The fourth-order valence-electron chi connectivity index (χ4n) is 4.83. The van der Waals surface area contributed by atoms with Gasteiger partial charge in [-0.25, -0.2) is 0 Å². The van der Waals surface area contributed by atoms with Crippen LogP contribution in [0.5, 0.6) is 11.5 Å². The Balaban J connectivity index is 1.34. The summed E-state index contributed by atoms with van der Waals surface area (Å²) in [5.74, 6) is 1.60. The molecule has 0 unspecified atom stereocenters. The van der Waals surface area contributed by atoms with Crippen molar-refractivity contribution in [3.63, 3.8) is 0 Å². The first kappa shape index (κ1) is 26.0. The van der Waals surface area contributed by atoms with Crippen molar-refractivity contribution in [1.29, 1.82) is 5.26 Å². The van der Waals surface area contributed by atoms with E-state index in [1.165, 1.54) is 24.8 Å². The summed E-state index contributed by atoms with van der Waals surface area (Å²) in [5, 5.41) is 9.25. The molecule has 0 spiro atoms. The molecule has 1 aliphatic heterocycles. The second-order valence-electron chi connectivity index (χ2n) is 9.64. The largest absolute Gasteiger partial charge is 0.489 e. The highest BCUT2D eigenvalue weighted by molar-refractivity contribution is 9.10. The predicted molar refractivity (Wildman–Crippen MR) is 155 cm³/mol. The standard InChI is InChI=1S/C33H31BrN2O2/c34-33-29(13-8-14-31(33)27-11-3-1-4-12-27)24-37-30-16-15-28(22-36-17-5-2-6-18-36)32(20-30)38-23-26-10-7-9-25(19-26)21-35/h1,3-4,7-16,19-20H,2,5-6,17-18,22-24H2. The number of benzene rings is 4. The molecule has 1 heterocycles. The quantitative estimate of drug-likeness (QED) is 0.205. The number of piperidine rings is 1. The average molecular weight is 568 g/mol. The zero-order valence-corrected chi connectivity index (χ0v) is 23.0. The molecule has 1 saturated heterocycles. The van der Waals surface area contributed by atoms with Crippen molar-refractivity contribution in [2.24, 2.45) is 0 Å². The van der Waals surface area contributed by atoms with Gasteiger partial charge in [-0.05, 0) is 76.8 Å². The lowest BCUT2D eigenvalue weighted by Gasteiger charge is -2.27. The fourth-order valence-corrected chi connectivity index (χ4v) is 5.44. The highest BCUT2D eigenvalue weighted by Gasteiger charge is 2.15. The van der Waals surface area contributed by atoms with Gasteiger partial charge in [-0.1, -0.05) is 73.2 Å². The lowest BCUT2D eigenvalue weighted by molar-refractivity contribution is 0.214. The summed E-state index contributed by atoms with van der Waals surface area (Å²) in [4.78, 5) is 2.49. The molecule has 0 aromatic heterocycles. The lowest BCUT2D eigenvalue weighted by atomic mass is 10.0. The molecule has 0 atom stereocenters. The molecule has 4 aromatic carbocycles. The van der Waals surface area contributed by atoms with Crippen LogP contribution in [0.2, 0.25) is 0 Å². The lowest BCUT2D eigenvalue weighted by Crippen LogP contribution is -2.29. The van der Waals surface area contributed by atoms with Crippen LogP contribution in [-0.4, -0.2) is 18.0 Å². The average Bonchev–Trinajstić information content (AvgIpc) is 2.97. The summed E-state index contributed by atoms with van der Waals surface area (Å²) in [6.07, 6.45) is 3.80. The van der Waals surface area contributed by atoms with Crippen molar-refractivity contribution in [2.75, 3.05) is 13.1 Å². The van der Waals surface area contributed by atoms with E-state index in [4.69, 9.17) is 9.47 Å². The van der Waals surface area contributed by atoms with Crippen molar-refractivity contribution < 1.29 is 9.47 Å². The van der Waals surface area contributed by atoms with E-state index in [2.05, 4.69) is 75.4 Å². The number of rotatable bonds is 9. The van der Waals surface area contributed by atoms with Gasteiger partial charge in [-0.3, -0.25) is 4.90 Å². The van der Waals surface area contributed by atoms with E-state index >= 15 is 0 Å². The molecule has 0 radical (unpaired) electrons. The molecule has 0 aliphatic carbocycles. The topological polar surface area (TPSA) is 45.5 Å². The molecule has 192 valence electrons. The van der Waals surface area contributed by atoms with E-state index < -0.39 is 0 Å². The zero-order chi connectivity index (χ0) is 26.2. The molecule has 0 bridgehead atoms. The van der Waals surface area contributed by atoms with Gasteiger partial charge in [0.2, 0.25) is 0 Å². The van der Waals surface area contributed by atoms with E-state index in [-0.39, 0.29) is 0 Å². The van der Waals surface area contributed by atoms with E-state index in [1.54, 1.807) is 0 Å². The van der Waals surface area contributed by atoms with Crippen LogP contribution in [-0.2, 0) is 19.8 Å². The van der Waals surface area contributed by atoms with Crippen molar-refractivity contribution >= 4 is 15.9 Å². The minimum absolute atomic E-state index is 0.399. The molecule has 5 rings (SSSR count). The van der Waals surface area contributed by atoms with Gasteiger partial charge in [-0.15, -0.1) is 0 Å². The third-order valence-electron chi connectivity index (χ3n) is 6.89. The van der Waals surface area contributed by atoms with E-state index in [0.717, 1.165) is 57.9 Å². The maximum atomic E-state index is 9.25. The molecule has 0 amide bonds. The van der Waals surface area contributed by atoms with Gasteiger partial charge in [0.15, 0.2) is 0 Å². The molecular formula is C33H31BrN2O2. The zero-order valence-electron chi connectivity index (χ0n) is 21.4. The Morgan fingerprint density at radius 3 is 2.39 bits per heavy atom. The van der Waals surface area contributed by atoms with Crippen LogP contribution in [0.25, 0.3) is 11.1 Å². The Hall–Kier alpha value is -3.59. The molecule has 1 fully saturated rings. The normalized spacial score (nSPS) is 13.6. The Morgan fingerprint density at radius 1 is 0.763 bits per heavy atom. The molecule has 0 N–H and O–H groups in total. The number of hydrogen-bond donors (Lipinski definition) is 0. The number of hydrogen-bond acceptors (Lipinski definition) is 4. The van der Waals surface area contributed by atoms with Crippen LogP contribution < -0.4 is 9.47 Å². The number of likely N-dealkylation sites (tertiary alicyclic amines) is 1. The fraction of sp³-hybridized carbons (Fsp3) is 0.242. The number of ether oxygens (including phenoxy) is 2. The van der Waals surface area contributed by atoms with Gasteiger partial charge < -0.3 is 9.47 Å². The van der Waals surface area contributed by atoms with Crippen LogP contribution in [0.3, 0.4) is 0 Å². The van der Waals surface area contributed by atoms with E-state index in [1.807, 2.05) is 42.5 Å². The summed E-state index contributed by atoms with van der Waals surface area (Å²) in [6, 6.07) is 32.6. The first-order chi connectivity index (χ1) is 18.7. The van der Waals surface area contributed by atoms with E-state index in [9.17, 15) is 5.26 Å². The monoisotopic (exact) mass is 566 g/mol. The van der Waals surface area contributed by atoms with Crippen molar-refractivity contribution in [2.45, 2.75) is 39.0 Å². The molecule has 5 heteroatoms. The Labute approximate surface area is 233 Å². The van der Waals surface area contributed by atoms with Crippen LogP contribution in [0.15, 0.2) is 95.5 Å². The first-order valence-corrected chi connectivity index (χ1v) is 13.9. The summed E-state index contributed by atoms with van der Waals surface area (Å²) in [5.41, 5.74) is 6.16. The van der Waals surface area contributed by atoms with Gasteiger partial charge in [-0.2, -0.15) is 5.26 Å². The predicted octanol–water partition coefficient (Wildman–Crippen LogP) is 8.13. The summed E-state index contributed by atoms with van der Waals surface area (Å²) >= 11 is 3.80. The van der Waals surface area contributed by atoms with Crippen molar-refractivity contribution in [3.8, 4) is 28.7 Å². The summed E-state index contributed by atoms with van der Waals surface area (Å²) in [7, 11) is 0. The number of nitriles is 1. The summed E-state index contributed by atoms with van der Waals surface area (Å²) < 4.78 is 13.6. The van der Waals surface area contributed by atoms with Crippen LogP contribution in [0.1, 0.15) is 41.5 Å². The highest BCUT2D eigenvalue weighted by Crippen LogP contribution is 2.33. The number of halogens is 1.